The summed E-state index contributed by atoms with van der Waals surface area (Å²) >= 11 is 0. The molecule has 1 aromatic carbocycles. The average Bonchev–Trinajstić information content (AvgIpc) is 2.47. The van der Waals surface area contributed by atoms with Crippen LogP contribution in [0, 0.1) is 0 Å². The highest BCUT2D eigenvalue weighted by Gasteiger charge is 2.16. The van der Waals surface area contributed by atoms with Crippen LogP contribution in [-0.4, -0.2) is 37.3 Å². The van der Waals surface area contributed by atoms with Crippen LogP contribution in [0.1, 0.15) is 27.2 Å². The van der Waals surface area contributed by atoms with Crippen molar-refractivity contribution in [1.82, 2.24) is 5.32 Å². The predicted molar refractivity (Wildman–Crippen MR) is 90.0 cm³/mol. The number of ether oxygens (including phenoxy) is 2. The van der Waals surface area contributed by atoms with Gasteiger partial charge in [-0.15, -0.1) is 0 Å². The Kier molecular flexibility index (Phi) is 7.03. The summed E-state index contributed by atoms with van der Waals surface area (Å²) in [7, 11) is 1.29. The van der Waals surface area contributed by atoms with Gasteiger partial charge in [-0.05, 0) is 45.0 Å². The Bertz CT molecular complexity index is 578. The molecule has 3 amide bonds. The van der Waals surface area contributed by atoms with Crippen molar-refractivity contribution < 1.29 is 23.9 Å². The van der Waals surface area contributed by atoms with E-state index in [1.54, 1.807) is 45.0 Å². The Morgan fingerprint density at radius 3 is 2.04 bits per heavy atom. The first-order chi connectivity index (χ1) is 11.2. The summed E-state index contributed by atoms with van der Waals surface area (Å²) in [5.41, 5.74) is 0.509. The van der Waals surface area contributed by atoms with E-state index in [1.165, 1.54) is 7.11 Å². The zero-order valence-corrected chi connectivity index (χ0v) is 14.3. The second kappa shape index (κ2) is 8.76. The molecule has 0 fully saturated rings. The molecule has 0 aliphatic heterocycles. The SMILES string of the molecule is COC(=O)CCNC(=O)Nc1ccc(NC(=O)OC(C)(C)C)cc1. The number of amides is 3. The van der Waals surface area contributed by atoms with Crippen molar-refractivity contribution in [3.63, 3.8) is 0 Å². The normalized spacial score (nSPS) is 10.5. The molecule has 0 bridgehead atoms. The van der Waals surface area contributed by atoms with Gasteiger partial charge in [-0.2, -0.15) is 0 Å². The second-order valence-electron chi connectivity index (χ2n) is 5.91. The van der Waals surface area contributed by atoms with E-state index in [-0.39, 0.29) is 13.0 Å². The highest BCUT2D eigenvalue weighted by molar-refractivity contribution is 5.90. The summed E-state index contributed by atoms with van der Waals surface area (Å²) < 4.78 is 9.61. The number of anilines is 2. The molecule has 0 saturated carbocycles. The van der Waals surface area contributed by atoms with Crippen molar-refractivity contribution in [2.24, 2.45) is 0 Å². The third kappa shape index (κ3) is 8.02. The summed E-state index contributed by atoms with van der Waals surface area (Å²) in [5.74, 6) is -0.395. The Morgan fingerprint density at radius 2 is 1.54 bits per heavy atom. The maximum absolute atomic E-state index is 11.6. The van der Waals surface area contributed by atoms with Gasteiger partial charge in [-0.1, -0.05) is 0 Å². The summed E-state index contributed by atoms with van der Waals surface area (Å²) in [6.07, 6.45) is -0.452. The molecule has 24 heavy (non-hydrogen) atoms. The number of nitrogens with one attached hydrogen (secondary N) is 3. The predicted octanol–water partition coefficient (Wildman–Crippen LogP) is 2.72. The third-order valence-corrected chi connectivity index (χ3v) is 2.63. The van der Waals surface area contributed by atoms with Crippen LogP contribution in [0.2, 0.25) is 0 Å². The zero-order chi connectivity index (χ0) is 18.2. The van der Waals surface area contributed by atoms with Gasteiger partial charge in [0.15, 0.2) is 0 Å². The molecule has 0 aromatic heterocycles. The van der Waals surface area contributed by atoms with E-state index < -0.39 is 23.7 Å². The minimum Gasteiger partial charge on any atom is -0.469 e. The van der Waals surface area contributed by atoms with Gasteiger partial charge in [0.1, 0.15) is 5.60 Å². The molecule has 8 nitrogen and oxygen atoms in total. The van der Waals surface area contributed by atoms with Gasteiger partial charge in [-0.3, -0.25) is 10.1 Å². The van der Waals surface area contributed by atoms with E-state index in [1.807, 2.05) is 0 Å². The molecule has 0 heterocycles. The van der Waals surface area contributed by atoms with Crippen LogP contribution in [0.4, 0.5) is 21.0 Å². The molecule has 1 rings (SSSR count). The fourth-order valence-electron chi connectivity index (χ4n) is 1.61. The maximum atomic E-state index is 11.6. The van der Waals surface area contributed by atoms with E-state index in [0.717, 1.165) is 0 Å². The molecule has 0 saturated heterocycles. The molecule has 0 atom stereocenters. The number of hydrogen-bond acceptors (Lipinski definition) is 5. The van der Waals surface area contributed by atoms with Gasteiger partial charge in [0.25, 0.3) is 0 Å². The minimum absolute atomic E-state index is 0.0999. The lowest BCUT2D eigenvalue weighted by Gasteiger charge is -2.19. The van der Waals surface area contributed by atoms with Crippen molar-refractivity contribution in [3.8, 4) is 0 Å². The zero-order valence-electron chi connectivity index (χ0n) is 14.3. The van der Waals surface area contributed by atoms with Gasteiger partial charge < -0.3 is 20.1 Å². The summed E-state index contributed by atoms with van der Waals surface area (Å²) in [4.78, 5) is 34.2. The van der Waals surface area contributed by atoms with E-state index in [0.29, 0.717) is 11.4 Å². The van der Waals surface area contributed by atoms with Crippen molar-refractivity contribution in [2.45, 2.75) is 32.8 Å². The topological polar surface area (TPSA) is 106 Å². The lowest BCUT2D eigenvalue weighted by molar-refractivity contribution is -0.140. The molecule has 8 heteroatoms. The first kappa shape index (κ1) is 19.3. The van der Waals surface area contributed by atoms with E-state index in [2.05, 4.69) is 20.7 Å². The number of urea groups is 1. The van der Waals surface area contributed by atoms with Gasteiger partial charge in [0.05, 0.1) is 13.5 Å². The minimum atomic E-state index is -0.576. The van der Waals surface area contributed by atoms with Crippen molar-refractivity contribution in [1.29, 1.82) is 0 Å². The smallest absolute Gasteiger partial charge is 0.412 e. The van der Waals surface area contributed by atoms with Crippen LogP contribution < -0.4 is 16.0 Å². The summed E-state index contributed by atoms with van der Waals surface area (Å²) in [6.45, 7) is 5.51. The van der Waals surface area contributed by atoms with Crippen LogP contribution in [0.15, 0.2) is 24.3 Å². The van der Waals surface area contributed by atoms with E-state index in [4.69, 9.17) is 4.74 Å². The first-order valence-corrected chi connectivity index (χ1v) is 7.41. The Morgan fingerprint density at radius 1 is 1.00 bits per heavy atom. The molecular formula is C16H23N3O5. The molecule has 1 aromatic rings. The summed E-state index contributed by atoms with van der Waals surface area (Å²) in [6, 6.07) is 6.09. The quantitative estimate of drug-likeness (QED) is 0.716. The number of benzene rings is 1. The van der Waals surface area contributed by atoms with Crippen molar-refractivity contribution in [2.75, 3.05) is 24.3 Å². The van der Waals surface area contributed by atoms with E-state index in [9.17, 15) is 14.4 Å². The van der Waals surface area contributed by atoms with Gasteiger partial charge in [0.2, 0.25) is 0 Å². The number of esters is 1. The average molecular weight is 337 g/mol. The number of methoxy groups -OCH3 is 1. The fraction of sp³-hybridized carbons (Fsp3) is 0.438. The van der Waals surface area contributed by atoms with E-state index >= 15 is 0 Å². The number of rotatable bonds is 5. The lowest BCUT2D eigenvalue weighted by atomic mass is 10.2. The largest absolute Gasteiger partial charge is 0.469 e. The molecule has 132 valence electrons. The van der Waals surface area contributed by atoms with Crippen LogP contribution >= 0.6 is 0 Å². The lowest BCUT2D eigenvalue weighted by Crippen LogP contribution is -2.30. The third-order valence-electron chi connectivity index (χ3n) is 2.63. The second-order valence-corrected chi connectivity index (χ2v) is 5.91. The molecule has 0 aliphatic rings. The molecular weight excluding hydrogens is 314 g/mol. The monoisotopic (exact) mass is 337 g/mol. The number of carbonyl (C=O) groups is 3. The van der Waals surface area contributed by atoms with Crippen molar-refractivity contribution >= 4 is 29.5 Å². The van der Waals surface area contributed by atoms with Crippen LogP contribution in [0.25, 0.3) is 0 Å². The molecule has 0 aliphatic carbocycles. The fourth-order valence-corrected chi connectivity index (χ4v) is 1.61. The molecule has 3 N–H and O–H groups in total. The Labute approximate surface area is 140 Å². The van der Waals surface area contributed by atoms with Gasteiger partial charge in [0, 0.05) is 17.9 Å². The Hall–Kier alpha value is -2.77. The summed E-state index contributed by atoms with van der Waals surface area (Å²) in [5, 5.41) is 7.73. The van der Waals surface area contributed by atoms with Gasteiger partial charge in [-0.25, -0.2) is 9.59 Å². The van der Waals surface area contributed by atoms with Crippen LogP contribution in [-0.2, 0) is 14.3 Å². The molecule has 0 unspecified atom stereocenters. The van der Waals surface area contributed by atoms with Gasteiger partial charge >= 0.3 is 18.1 Å². The highest BCUT2D eigenvalue weighted by atomic mass is 16.6. The Balaban J connectivity index is 2.43. The first-order valence-electron chi connectivity index (χ1n) is 7.41. The molecule has 0 radical (unpaired) electrons. The standard InChI is InChI=1S/C16H23N3O5/c1-16(2,3)24-15(22)19-12-7-5-11(6-8-12)18-14(21)17-10-9-13(20)23-4/h5-8H,9-10H2,1-4H3,(H,19,22)(H2,17,18,21). The number of carbonyl (C=O) groups excluding carboxylic acids is 3. The van der Waals surface area contributed by atoms with Crippen LogP contribution in [0.3, 0.4) is 0 Å². The molecule has 0 spiro atoms. The number of hydrogen-bond donors (Lipinski definition) is 3. The van der Waals surface area contributed by atoms with Crippen molar-refractivity contribution in [3.05, 3.63) is 24.3 Å². The maximum Gasteiger partial charge on any atom is 0.412 e. The van der Waals surface area contributed by atoms with Crippen LogP contribution in [0.5, 0.6) is 0 Å². The highest BCUT2D eigenvalue weighted by Crippen LogP contribution is 2.15.